The zero-order valence-electron chi connectivity index (χ0n) is 15.8. The molecular weight excluding hydrogens is 487 g/mol. The maximum absolute atomic E-state index is 14.0. The molecule has 0 saturated carbocycles. The zero-order valence-corrected chi connectivity index (χ0v) is 19.1. The minimum Gasteiger partial charge on any atom is -0.204 e. The Labute approximate surface area is 195 Å². The van der Waals surface area contributed by atoms with Crippen molar-refractivity contribution < 1.29 is 8.78 Å². The molecule has 7 aromatic rings. The monoisotopic (exact) mass is 494 g/mol. The first-order valence-electron chi connectivity index (χ1n) is 9.45. The minimum atomic E-state index is -0.350. The van der Waals surface area contributed by atoms with E-state index in [4.69, 9.17) is 0 Å². The second kappa shape index (κ2) is 6.79. The molecule has 32 heavy (non-hydrogen) atoms. The third kappa shape index (κ3) is 2.67. The number of halogens is 2. The van der Waals surface area contributed by atoms with Crippen molar-refractivity contribution in [3.8, 4) is 20.9 Å². The van der Waals surface area contributed by atoms with Crippen LogP contribution in [-0.4, -0.2) is 17.5 Å². The lowest BCUT2D eigenvalue weighted by molar-refractivity contribution is 0.637. The van der Waals surface area contributed by atoms with E-state index in [-0.39, 0.29) is 11.6 Å². The van der Waals surface area contributed by atoms with Crippen LogP contribution in [0.2, 0.25) is 0 Å². The summed E-state index contributed by atoms with van der Waals surface area (Å²) in [5, 5.41) is 2.23. The second-order valence-corrected chi connectivity index (χ2v) is 10.5. The van der Waals surface area contributed by atoms with Gasteiger partial charge in [-0.05, 0) is 59.3 Å². The van der Waals surface area contributed by atoms with Crippen LogP contribution in [0.15, 0.2) is 48.5 Å². The molecule has 0 radical (unpaired) electrons. The molecule has 4 heterocycles. The lowest BCUT2D eigenvalue weighted by atomic mass is 10.1. The predicted octanol–water partition coefficient (Wildman–Crippen LogP) is 7.74. The molecule has 3 aromatic carbocycles. The first kappa shape index (κ1) is 18.6. The molecule has 0 unspecified atom stereocenters. The number of fused-ring (bicyclic) bond motifs is 4. The molecule has 0 spiro atoms. The van der Waals surface area contributed by atoms with E-state index in [1.54, 1.807) is 34.8 Å². The third-order valence-corrected chi connectivity index (χ3v) is 8.74. The van der Waals surface area contributed by atoms with Crippen molar-refractivity contribution >= 4 is 88.4 Å². The van der Waals surface area contributed by atoms with Crippen molar-refractivity contribution in [2.45, 2.75) is 0 Å². The van der Waals surface area contributed by atoms with E-state index < -0.39 is 0 Å². The van der Waals surface area contributed by atoms with E-state index in [0.29, 0.717) is 22.1 Å². The summed E-state index contributed by atoms with van der Waals surface area (Å²) in [4.78, 5) is 2.06. The summed E-state index contributed by atoms with van der Waals surface area (Å²) in [6.45, 7) is 0. The number of hydrogen-bond donors (Lipinski definition) is 0. The highest BCUT2D eigenvalue weighted by Crippen LogP contribution is 2.42. The van der Waals surface area contributed by atoms with Crippen LogP contribution >= 0.6 is 46.1 Å². The molecule has 0 saturated heterocycles. The molecule has 0 amide bonds. The lowest BCUT2D eigenvalue weighted by Crippen LogP contribution is -1.81. The Morgan fingerprint density at radius 3 is 1.44 bits per heavy atom. The smallest absolute Gasteiger partial charge is 0.152 e. The topological polar surface area (TPSA) is 51.6 Å². The molecule has 4 nitrogen and oxygen atoms in total. The standard InChI is InChI=1S/C22H8F2N4S4/c23-13-3-1-11(19-21(13)27-31-25-19)17-7-9-5-16-10(6-15(9)29-17)8-18(30-16)12-2-4-14(24)22-20(12)26-32-28-22/h1-8H. The first-order valence-corrected chi connectivity index (χ1v) is 12.5. The molecule has 7 rings (SSSR count). The van der Waals surface area contributed by atoms with Crippen LogP contribution in [0.25, 0.3) is 63.1 Å². The molecule has 10 heteroatoms. The highest BCUT2D eigenvalue weighted by atomic mass is 32.1. The Balaban J connectivity index is 1.38. The van der Waals surface area contributed by atoms with Crippen molar-refractivity contribution in [1.82, 2.24) is 17.5 Å². The van der Waals surface area contributed by atoms with Gasteiger partial charge in [-0.15, -0.1) is 22.7 Å². The number of thiophene rings is 2. The summed E-state index contributed by atoms with van der Waals surface area (Å²) >= 11 is 5.34. The van der Waals surface area contributed by atoms with Gasteiger partial charge in [0.05, 0.1) is 23.5 Å². The molecule has 0 fully saturated rings. The highest BCUT2D eigenvalue weighted by molar-refractivity contribution is 7.24. The normalized spacial score (nSPS) is 12.1. The summed E-state index contributed by atoms with van der Waals surface area (Å²) in [6.07, 6.45) is 0. The van der Waals surface area contributed by atoms with Gasteiger partial charge in [-0.2, -0.15) is 17.5 Å². The Hall–Kier alpha value is -2.92. The molecule has 0 atom stereocenters. The van der Waals surface area contributed by atoms with Crippen LogP contribution in [0.1, 0.15) is 0 Å². The van der Waals surface area contributed by atoms with Gasteiger partial charge in [0.2, 0.25) is 0 Å². The fourth-order valence-corrected chi connectivity index (χ4v) is 7.27. The molecular formula is C22H8F2N4S4. The van der Waals surface area contributed by atoms with Gasteiger partial charge in [0, 0.05) is 30.3 Å². The number of aromatic nitrogens is 4. The van der Waals surface area contributed by atoms with Crippen LogP contribution in [0.3, 0.4) is 0 Å². The summed E-state index contributed by atoms with van der Waals surface area (Å²) in [7, 11) is 0. The Morgan fingerprint density at radius 1 is 0.531 bits per heavy atom. The third-order valence-electron chi connectivity index (χ3n) is 5.42. The molecule has 0 aliphatic rings. The van der Waals surface area contributed by atoms with Gasteiger partial charge in [-0.1, -0.05) is 0 Å². The molecule has 154 valence electrons. The van der Waals surface area contributed by atoms with Crippen LogP contribution in [-0.2, 0) is 0 Å². The molecule has 0 aliphatic carbocycles. The van der Waals surface area contributed by atoms with Gasteiger partial charge in [0.15, 0.2) is 11.6 Å². The van der Waals surface area contributed by atoms with Crippen LogP contribution in [0.4, 0.5) is 8.78 Å². The summed E-state index contributed by atoms with van der Waals surface area (Å²) in [5.41, 5.74) is 3.62. The first-order chi connectivity index (χ1) is 15.7. The Morgan fingerprint density at radius 2 is 0.969 bits per heavy atom. The number of hydrogen-bond acceptors (Lipinski definition) is 8. The zero-order chi connectivity index (χ0) is 21.4. The molecule has 0 N–H and O–H groups in total. The van der Waals surface area contributed by atoms with Gasteiger partial charge in [0.1, 0.15) is 22.1 Å². The van der Waals surface area contributed by atoms with E-state index in [9.17, 15) is 8.78 Å². The number of nitrogens with zero attached hydrogens (tertiary/aromatic N) is 4. The quantitative estimate of drug-likeness (QED) is 0.247. The van der Waals surface area contributed by atoms with Crippen LogP contribution in [0, 0.1) is 11.6 Å². The highest BCUT2D eigenvalue weighted by Gasteiger charge is 2.17. The predicted molar refractivity (Wildman–Crippen MR) is 130 cm³/mol. The van der Waals surface area contributed by atoms with E-state index >= 15 is 0 Å². The van der Waals surface area contributed by atoms with E-state index in [1.807, 2.05) is 0 Å². The largest absolute Gasteiger partial charge is 0.204 e. The fraction of sp³-hybridized carbons (Fsp3) is 0. The molecule has 0 bridgehead atoms. The van der Waals surface area contributed by atoms with Gasteiger partial charge in [-0.3, -0.25) is 0 Å². The molecule has 0 aliphatic heterocycles. The molecule has 4 aromatic heterocycles. The maximum Gasteiger partial charge on any atom is 0.152 e. The van der Waals surface area contributed by atoms with Crippen molar-refractivity contribution in [2.75, 3.05) is 0 Å². The van der Waals surface area contributed by atoms with Crippen LogP contribution in [0.5, 0.6) is 0 Å². The average Bonchev–Trinajstić information content (AvgIpc) is 3.56. The summed E-state index contributed by atoms with van der Waals surface area (Å²) in [6, 6.07) is 15.0. The summed E-state index contributed by atoms with van der Waals surface area (Å²) < 4.78 is 47.1. The van der Waals surface area contributed by atoms with Crippen molar-refractivity contribution in [3.63, 3.8) is 0 Å². The Bertz CT molecular complexity index is 1650. The van der Waals surface area contributed by atoms with Gasteiger partial charge < -0.3 is 0 Å². The SMILES string of the molecule is Fc1ccc(-c2cc3cc4sc(-c5ccc(F)c6nsnc56)cc4cc3s2)c2nsnc12. The van der Waals surface area contributed by atoms with Gasteiger partial charge in [-0.25, -0.2) is 8.78 Å². The van der Waals surface area contributed by atoms with Crippen molar-refractivity contribution in [3.05, 3.63) is 60.2 Å². The van der Waals surface area contributed by atoms with E-state index in [0.717, 1.165) is 64.5 Å². The second-order valence-electron chi connectivity index (χ2n) is 7.26. The fourth-order valence-electron chi connectivity index (χ4n) is 3.91. The number of rotatable bonds is 2. The van der Waals surface area contributed by atoms with Gasteiger partial charge >= 0.3 is 0 Å². The summed E-state index contributed by atoms with van der Waals surface area (Å²) in [5.74, 6) is -0.700. The van der Waals surface area contributed by atoms with Crippen molar-refractivity contribution in [1.29, 1.82) is 0 Å². The average molecular weight is 495 g/mol. The van der Waals surface area contributed by atoms with Crippen molar-refractivity contribution in [2.24, 2.45) is 0 Å². The minimum absolute atomic E-state index is 0.317. The lowest BCUT2D eigenvalue weighted by Gasteiger charge is -1.98. The maximum atomic E-state index is 14.0. The van der Waals surface area contributed by atoms with E-state index in [2.05, 4.69) is 41.8 Å². The number of benzene rings is 3. The Kier molecular flexibility index (Phi) is 3.95. The van der Waals surface area contributed by atoms with Crippen LogP contribution < -0.4 is 0 Å². The van der Waals surface area contributed by atoms with E-state index in [1.165, 1.54) is 12.1 Å². The van der Waals surface area contributed by atoms with Gasteiger partial charge in [0.25, 0.3) is 0 Å².